The summed E-state index contributed by atoms with van der Waals surface area (Å²) in [6, 6.07) is 5.35. The van der Waals surface area contributed by atoms with Crippen molar-refractivity contribution in [3.8, 4) is 17.6 Å². The van der Waals surface area contributed by atoms with E-state index in [1.807, 2.05) is 6.07 Å². The zero-order chi connectivity index (χ0) is 15.0. The van der Waals surface area contributed by atoms with Crippen molar-refractivity contribution in [2.24, 2.45) is 0 Å². The Morgan fingerprint density at radius 1 is 1.19 bits per heavy atom. The maximum Gasteiger partial charge on any atom is 0.258 e. The Morgan fingerprint density at radius 2 is 1.86 bits per heavy atom. The third-order valence-corrected chi connectivity index (χ3v) is 3.85. The lowest BCUT2D eigenvalue weighted by Gasteiger charge is -2.16. The molecule has 1 aromatic rings. The number of benzene rings is 1. The van der Waals surface area contributed by atoms with Crippen LogP contribution in [-0.2, 0) is 9.59 Å². The van der Waals surface area contributed by atoms with Crippen LogP contribution >= 0.6 is 0 Å². The van der Waals surface area contributed by atoms with E-state index in [1.165, 1.54) is 7.11 Å². The summed E-state index contributed by atoms with van der Waals surface area (Å²) in [7, 11) is 1.54. The first-order chi connectivity index (χ1) is 10.2. The number of nitrogens with zero attached hydrogens (tertiary/aromatic N) is 2. The lowest BCUT2D eigenvalue weighted by atomic mass is 9.95. The van der Waals surface area contributed by atoms with Crippen molar-refractivity contribution < 1.29 is 14.3 Å². The van der Waals surface area contributed by atoms with Gasteiger partial charge in [0.05, 0.1) is 7.11 Å². The van der Waals surface area contributed by atoms with Gasteiger partial charge in [-0.25, -0.2) is 0 Å². The van der Waals surface area contributed by atoms with E-state index >= 15 is 0 Å². The maximum atomic E-state index is 12.5. The number of carbonyl (C=O) groups excluding carboxylic acids is 2. The Morgan fingerprint density at radius 3 is 2.43 bits per heavy atom. The molecule has 2 saturated heterocycles. The summed E-state index contributed by atoms with van der Waals surface area (Å²) in [5.74, 6) is 5.18. The van der Waals surface area contributed by atoms with Crippen LogP contribution in [0.2, 0.25) is 0 Å². The fourth-order valence-corrected chi connectivity index (χ4v) is 2.91. The Kier molecular flexibility index (Phi) is 3.30. The van der Waals surface area contributed by atoms with E-state index in [-0.39, 0.29) is 11.8 Å². The Hall–Kier alpha value is -2.48. The van der Waals surface area contributed by atoms with E-state index in [0.29, 0.717) is 24.4 Å². The van der Waals surface area contributed by atoms with Crippen molar-refractivity contribution in [2.45, 2.75) is 19.3 Å². The second-order valence-electron chi connectivity index (χ2n) is 5.04. The number of methoxy groups -OCH3 is 1. The average Bonchev–Trinajstić information content (AvgIpc) is 3.05. The predicted molar refractivity (Wildman–Crippen MR) is 76.3 cm³/mol. The van der Waals surface area contributed by atoms with E-state index in [1.54, 1.807) is 29.1 Å². The van der Waals surface area contributed by atoms with Crippen molar-refractivity contribution in [1.29, 1.82) is 0 Å². The number of rotatable bonds is 2. The minimum atomic E-state index is -0.788. The second-order valence-corrected chi connectivity index (χ2v) is 5.04. The van der Waals surface area contributed by atoms with E-state index in [2.05, 4.69) is 11.8 Å². The summed E-state index contributed by atoms with van der Waals surface area (Å²) in [6.45, 7) is 2.98. The van der Waals surface area contributed by atoms with Crippen LogP contribution in [0.5, 0.6) is 5.75 Å². The minimum Gasteiger partial charge on any atom is -0.496 e. The van der Waals surface area contributed by atoms with Gasteiger partial charge in [-0.3, -0.25) is 19.6 Å². The molecule has 0 radical (unpaired) electrons. The van der Waals surface area contributed by atoms with Gasteiger partial charge in [0.25, 0.3) is 11.8 Å². The smallest absolute Gasteiger partial charge is 0.258 e. The van der Waals surface area contributed by atoms with E-state index in [0.717, 1.165) is 12.0 Å². The number of ether oxygens (including phenoxy) is 1. The molecule has 0 atom stereocenters. The fraction of sp³-hybridized carbons (Fsp3) is 0.375. The van der Waals surface area contributed by atoms with Gasteiger partial charge in [-0.1, -0.05) is 12.0 Å². The van der Waals surface area contributed by atoms with E-state index in [9.17, 15) is 9.59 Å². The molecule has 0 bridgehead atoms. The summed E-state index contributed by atoms with van der Waals surface area (Å²) in [4.78, 5) is 24.9. The van der Waals surface area contributed by atoms with Crippen molar-refractivity contribution >= 4 is 11.8 Å². The predicted octanol–water partition coefficient (Wildman–Crippen LogP) is 1.14. The molecule has 0 unspecified atom stereocenters. The summed E-state index contributed by atoms with van der Waals surface area (Å²) < 4.78 is 5.35. The first-order valence-corrected chi connectivity index (χ1v) is 6.90. The molecule has 0 aliphatic carbocycles. The monoisotopic (exact) mass is 284 g/mol. The highest BCUT2D eigenvalue weighted by Crippen LogP contribution is 2.36. The molecule has 21 heavy (non-hydrogen) atoms. The number of carbonyl (C=O) groups is 2. The Bertz CT molecular complexity index is 650. The average molecular weight is 284 g/mol. The van der Waals surface area contributed by atoms with Crippen LogP contribution in [0.25, 0.3) is 0 Å². The maximum absolute atomic E-state index is 12.5. The molecular weight excluding hydrogens is 268 g/mol. The highest BCUT2D eigenvalue weighted by Gasteiger charge is 2.49. The molecule has 0 aromatic heterocycles. The van der Waals surface area contributed by atoms with Gasteiger partial charge in [-0.15, -0.1) is 5.92 Å². The molecule has 0 saturated carbocycles. The van der Waals surface area contributed by atoms with Crippen LogP contribution in [0.15, 0.2) is 18.2 Å². The zero-order valence-electron chi connectivity index (χ0n) is 12.0. The Labute approximate surface area is 123 Å². The standard InChI is InChI=1S/C16H16N2O3/c1-3-5-11-6-7-12(13(10-11)21-2)14-15(19)17-8-4-9-18(17)16(14)20/h6-7,10,14H,4,8-9H2,1-2H3. The van der Waals surface area contributed by atoms with E-state index < -0.39 is 5.92 Å². The molecule has 1 aromatic carbocycles. The van der Waals surface area contributed by atoms with Crippen LogP contribution in [0.1, 0.15) is 30.4 Å². The third-order valence-electron chi connectivity index (χ3n) is 3.85. The normalized spacial score (nSPS) is 17.8. The van der Waals surface area contributed by atoms with E-state index in [4.69, 9.17) is 4.74 Å². The summed E-state index contributed by atoms with van der Waals surface area (Å²) in [5.41, 5.74) is 1.42. The molecule has 0 spiro atoms. The van der Waals surface area contributed by atoms with Gasteiger partial charge in [0, 0.05) is 24.2 Å². The van der Waals surface area contributed by atoms with Crippen molar-refractivity contribution in [3.63, 3.8) is 0 Å². The molecule has 2 fully saturated rings. The lowest BCUT2D eigenvalue weighted by Crippen LogP contribution is -2.33. The second kappa shape index (κ2) is 5.13. The van der Waals surface area contributed by atoms with Gasteiger partial charge >= 0.3 is 0 Å². The molecule has 2 aliphatic rings. The quantitative estimate of drug-likeness (QED) is 0.604. The Balaban J connectivity index is 2.02. The summed E-state index contributed by atoms with van der Waals surface area (Å²) in [6.07, 6.45) is 0.840. The van der Waals surface area contributed by atoms with Crippen LogP contribution in [0.4, 0.5) is 0 Å². The van der Waals surface area contributed by atoms with Crippen molar-refractivity contribution in [1.82, 2.24) is 10.0 Å². The number of hydrogen-bond donors (Lipinski definition) is 0. The van der Waals surface area contributed by atoms with Gasteiger partial charge in [0.1, 0.15) is 11.7 Å². The van der Waals surface area contributed by atoms with Crippen LogP contribution in [0, 0.1) is 11.8 Å². The molecular formula is C16H16N2O3. The molecule has 5 nitrogen and oxygen atoms in total. The summed E-state index contributed by atoms with van der Waals surface area (Å²) >= 11 is 0. The molecule has 2 aliphatic heterocycles. The van der Waals surface area contributed by atoms with Gasteiger partial charge in [-0.05, 0) is 25.5 Å². The molecule has 2 heterocycles. The van der Waals surface area contributed by atoms with Gasteiger partial charge in [-0.2, -0.15) is 0 Å². The number of hydrazine groups is 1. The van der Waals surface area contributed by atoms with Gasteiger partial charge in [0.2, 0.25) is 0 Å². The lowest BCUT2D eigenvalue weighted by molar-refractivity contribution is -0.141. The zero-order valence-corrected chi connectivity index (χ0v) is 12.0. The van der Waals surface area contributed by atoms with Crippen molar-refractivity contribution in [2.75, 3.05) is 20.2 Å². The number of hydrogen-bond acceptors (Lipinski definition) is 3. The van der Waals surface area contributed by atoms with Gasteiger partial charge in [0.15, 0.2) is 0 Å². The highest BCUT2D eigenvalue weighted by atomic mass is 16.5. The highest BCUT2D eigenvalue weighted by molar-refractivity contribution is 6.11. The summed E-state index contributed by atoms with van der Waals surface area (Å²) in [5, 5.41) is 3.10. The van der Waals surface area contributed by atoms with Crippen LogP contribution in [0.3, 0.4) is 0 Å². The molecule has 3 rings (SSSR count). The van der Waals surface area contributed by atoms with Crippen LogP contribution < -0.4 is 4.74 Å². The van der Waals surface area contributed by atoms with Crippen LogP contribution in [-0.4, -0.2) is 42.0 Å². The SMILES string of the molecule is CC#Cc1ccc(C2C(=O)N3CCCN3C2=O)c(OC)c1. The fourth-order valence-electron chi connectivity index (χ4n) is 2.91. The molecule has 5 heteroatoms. The number of fused-ring (bicyclic) bond motifs is 1. The largest absolute Gasteiger partial charge is 0.496 e. The first-order valence-electron chi connectivity index (χ1n) is 6.90. The van der Waals surface area contributed by atoms with Crippen molar-refractivity contribution in [3.05, 3.63) is 29.3 Å². The first kappa shape index (κ1) is 13.5. The topological polar surface area (TPSA) is 49.9 Å². The minimum absolute atomic E-state index is 0.162. The molecule has 2 amide bonds. The third kappa shape index (κ3) is 2.04. The molecule has 108 valence electrons. The number of amides is 2. The molecule has 0 N–H and O–H groups in total. The van der Waals surface area contributed by atoms with Gasteiger partial charge < -0.3 is 4.74 Å².